The Bertz CT molecular complexity index is 264. The van der Waals surface area contributed by atoms with E-state index in [-0.39, 0.29) is 13.0 Å². The van der Waals surface area contributed by atoms with Gasteiger partial charge in [0.25, 0.3) is 0 Å². The summed E-state index contributed by atoms with van der Waals surface area (Å²) in [6, 6.07) is 0. The van der Waals surface area contributed by atoms with Crippen LogP contribution < -0.4 is 0 Å². The van der Waals surface area contributed by atoms with Crippen LogP contribution in [0.4, 0.5) is 0 Å². The zero-order valence-electron chi connectivity index (χ0n) is 7.66. The van der Waals surface area contributed by atoms with Crippen molar-refractivity contribution in [3.63, 3.8) is 0 Å². The molecule has 0 radical (unpaired) electrons. The SMILES string of the molecule is COC(=O)[C@H]1C[C@@H](O)[C@H](CN=[N+]=[N-])O1. The average Bonchev–Trinajstić information content (AvgIpc) is 2.56. The minimum absolute atomic E-state index is 0.0190. The highest BCUT2D eigenvalue weighted by Gasteiger charge is 2.37. The first-order valence-electron chi connectivity index (χ1n) is 4.11. The molecule has 7 nitrogen and oxygen atoms in total. The van der Waals surface area contributed by atoms with Crippen LogP contribution in [-0.4, -0.2) is 43.0 Å². The Morgan fingerprint density at radius 2 is 2.57 bits per heavy atom. The standard InChI is InChI=1S/C7H11N3O4/c1-13-7(12)5-2-4(11)6(14-5)3-9-10-8/h4-6,11H,2-3H2,1H3/t4-,5-,6+/m1/s1. The van der Waals surface area contributed by atoms with E-state index in [2.05, 4.69) is 14.8 Å². The zero-order chi connectivity index (χ0) is 10.6. The minimum atomic E-state index is -0.787. The molecule has 0 bridgehead atoms. The molecule has 14 heavy (non-hydrogen) atoms. The predicted octanol–water partition coefficient (Wildman–Crippen LogP) is -0.0119. The maximum Gasteiger partial charge on any atom is 0.335 e. The van der Waals surface area contributed by atoms with Gasteiger partial charge in [-0.1, -0.05) is 5.11 Å². The van der Waals surface area contributed by atoms with Gasteiger partial charge in [0.1, 0.15) is 0 Å². The second kappa shape index (κ2) is 4.80. The number of rotatable bonds is 3. The average molecular weight is 201 g/mol. The number of hydrogen-bond donors (Lipinski definition) is 1. The number of methoxy groups -OCH3 is 1. The molecule has 0 saturated carbocycles. The van der Waals surface area contributed by atoms with Gasteiger partial charge in [-0.05, 0) is 5.53 Å². The molecule has 7 heteroatoms. The molecule has 1 N–H and O–H groups in total. The Balaban J connectivity index is 2.50. The summed E-state index contributed by atoms with van der Waals surface area (Å²) in [4.78, 5) is 13.6. The van der Waals surface area contributed by atoms with E-state index in [1.165, 1.54) is 7.11 Å². The van der Waals surface area contributed by atoms with E-state index in [1.54, 1.807) is 0 Å². The summed E-state index contributed by atoms with van der Waals surface area (Å²) in [7, 11) is 1.25. The number of aliphatic hydroxyl groups is 1. The third-order valence-corrected chi connectivity index (χ3v) is 2.01. The van der Waals surface area contributed by atoms with Gasteiger partial charge in [0.2, 0.25) is 0 Å². The van der Waals surface area contributed by atoms with Crippen LogP contribution in [0.5, 0.6) is 0 Å². The van der Waals surface area contributed by atoms with Crippen LogP contribution in [0.15, 0.2) is 5.11 Å². The predicted molar refractivity (Wildman–Crippen MR) is 45.3 cm³/mol. The number of esters is 1. The second-order valence-electron chi connectivity index (χ2n) is 2.90. The van der Waals surface area contributed by atoms with Crippen molar-refractivity contribution in [2.24, 2.45) is 5.11 Å². The smallest absolute Gasteiger partial charge is 0.335 e. The van der Waals surface area contributed by atoms with Crippen LogP contribution in [-0.2, 0) is 14.3 Å². The van der Waals surface area contributed by atoms with Gasteiger partial charge in [-0.15, -0.1) is 0 Å². The first kappa shape index (κ1) is 10.8. The molecular weight excluding hydrogens is 190 g/mol. The summed E-state index contributed by atoms with van der Waals surface area (Å²) in [5.74, 6) is -0.521. The Kier molecular flexibility index (Phi) is 3.70. The summed E-state index contributed by atoms with van der Waals surface area (Å²) in [6.45, 7) is 0.0190. The summed E-state index contributed by atoms with van der Waals surface area (Å²) in [5, 5.41) is 12.7. The molecule has 1 aliphatic rings. The van der Waals surface area contributed by atoms with Gasteiger partial charge in [-0.3, -0.25) is 0 Å². The molecule has 0 aromatic rings. The zero-order valence-corrected chi connectivity index (χ0v) is 7.66. The minimum Gasteiger partial charge on any atom is -0.467 e. The van der Waals surface area contributed by atoms with Crippen LogP contribution in [0.1, 0.15) is 6.42 Å². The van der Waals surface area contributed by atoms with Crippen molar-refractivity contribution >= 4 is 5.97 Å². The maximum absolute atomic E-state index is 11.0. The fourth-order valence-corrected chi connectivity index (χ4v) is 1.29. The van der Waals surface area contributed by atoms with E-state index >= 15 is 0 Å². The van der Waals surface area contributed by atoms with E-state index in [0.29, 0.717) is 0 Å². The van der Waals surface area contributed by atoms with Crippen LogP contribution in [0.25, 0.3) is 10.4 Å². The van der Waals surface area contributed by atoms with Crippen LogP contribution in [0.2, 0.25) is 0 Å². The van der Waals surface area contributed by atoms with Crippen LogP contribution in [0, 0.1) is 0 Å². The molecule has 78 valence electrons. The number of ether oxygens (including phenoxy) is 2. The number of azide groups is 1. The maximum atomic E-state index is 11.0. The highest BCUT2D eigenvalue weighted by Crippen LogP contribution is 2.21. The lowest BCUT2D eigenvalue weighted by molar-refractivity contribution is -0.153. The Morgan fingerprint density at radius 1 is 1.86 bits per heavy atom. The van der Waals surface area contributed by atoms with Crippen LogP contribution in [0.3, 0.4) is 0 Å². The molecule has 0 aliphatic carbocycles. The molecular formula is C7H11N3O4. The molecule has 1 aliphatic heterocycles. The number of nitrogens with zero attached hydrogens (tertiary/aromatic N) is 3. The summed E-state index contributed by atoms with van der Waals surface area (Å²) < 4.78 is 9.60. The van der Waals surface area contributed by atoms with Crippen molar-refractivity contribution in [1.82, 2.24) is 0 Å². The van der Waals surface area contributed by atoms with E-state index in [0.717, 1.165) is 0 Å². The topological polar surface area (TPSA) is 105 Å². The van der Waals surface area contributed by atoms with E-state index in [4.69, 9.17) is 10.3 Å². The van der Waals surface area contributed by atoms with Crippen molar-refractivity contribution in [3.05, 3.63) is 10.4 Å². The van der Waals surface area contributed by atoms with E-state index in [1.807, 2.05) is 0 Å². The number of hydrogen-bond acceptors (Lipinski definition) is 5. The van der Waals surface area contributed by atoms with Gasteiger partial charge in [0.05, 0.1) is 25.9 Å². The molecule has 1 heterocycles. The molecule has 1 rings (SSSR count). The fraction of sp³-hybridized carbons (Fsp3) is 0.857. The van der Waals surface area contributed by atoms with Gasteiger partial charge in [-0.25, -0.2) is 4.79 Å². The normalized spacial score (nSPS) is 30.9. The summed E-state index contributed by atoms with van der Waals surface area (Å²) in [5.41, 5.74) is 8.06. The van der Waals surface area contributed by atoms with Crippen molar-refractivity contribution in [2.45, 2.75) is 24.7 Å². The van der Waals surface area contributed by atoms with Crippen molar-refractivity contribution in [2.75, 3.05) is 13.7 Å². The third kappa shape index (κ3) is 2.35. The molecule has 1 saturated heterocycles. The Hall–Kier alpha value is -1.30. The monoisotopic (exact) mass is 201 g/mol. The first-order valence-corrected chi connectivity index (χ1v) is 4.11. The number of carbonyl (C=O) groups is 1. The number of aliphatic hydroxyl groups excluding tert-OH is 1. The molecule has 1 fully saturated rings. The Labute approximate surface area is 80.2 Å². The van der Waals surface area contributed by atoms with Crippen molar-refractivity contribution < 1.29 is 19.4 Å². The van der Waals surface area contributed by atoms with Crippen molar-refractivity contribution in [1.29, 1.82) is 0 Å². The molecule has 3 atom stereocenters. The molecule has 0 aromatic carbocycles. The van der Waals surface area contributed by atoms with Gasteiger partial charge < -0.3 is 14.6 Å². The van der Waals surface area contributed by atoms with Gasteiger partial charge in [-0.2, -0.15) is 0 Å². The molecule has 0 amide bonds. The molecule has 0 aromatic heterocycles. The van der Waals surface area contributed by atoms with Gasteiger partial charge in [0.15, 0.2) is 6.10 Å². The number of carbonyl (C=O) groups excluding carboxylic acids is 1. The quantitative estimate of drug-likeness (QED) is 0.300. The van der Waals surface area contributed by atoms with Crippen LogP contribution >= 0.6 is 0 Å². The first-order chi connectivity index (χ1) is 6.69. The molecule has 0 spiro atoms. The van der Waals surface area contributed by atoms with E-state index < -0.39 is 24.3 Å². The van der Waals surface area contributed by atoms with Crippen molar-refractivity contribution in [3.8, 4) is 0 Å². The van der Waals surface area contributed by atoms with Gasteiger partial charge >= 0.3 is 5.97 Å². The van der Waals surface area contributed by atoms with E-state index in [9.17, 15) is 9.90 Å². The lowest BCUT2D eigenvalue weighted by Gasteiger charge is -2.10. The largest absolute Gasteiger partial charge is 0.467 e. The Morgan fingerprint density at radius 3 is 3.14 bits per heavy atom. The highest BCUT2D eigenvalue weighted by atomic mass is 16.6. The fourth-order valence-electron chi connectivity index (χ4n) is 1.29. The third-order valence-electron chi connectivity index (χ3n) is 2.01. The second-order valence-corrected chi connectivity index (χ2v) is 2.90. The lowest BCUT2D eigenvalue weighted by Crippen LogP contribution is -2.25. The summed E-state index contributed by atoms with van der Waals surface area (Å²) in [6.07, 6.45) is -1.98. The molecule has 0 unspecified atom stereocenters. The summed E-state index contributed by atoms with van der Waals surface area (Å²) >= 11 is 0. The lowest BCUT2D eigenvalue weighted by atomic mass is 10.1. The highest BCUT2D eigenvalue weighted by molar-refractivity contribution is 5.74. The van der Waals surface area contributed by atoms with Gasteiger partial charge in [0, 0.05) is 11.3 Å².